The first kappa shape index (κ1) is 36.8. The highest BCUT2D eigenvalue weighted by molar-refractivity contribution is 7.89. The predicted octanol–water partition coefficient (Wildman–Crippen LogP) is 12.5. The molecule has 40 heavy (non-hydrogen) atoms. The Balaban J connectivity index is 3.24. The van der Waals surface area contributed by atoms with Crippen LogP contribution in [0.3, 0.4) is 0 Å². The van der Waals surface area contributed by atoms with Gasteiger partial charge < -0.3 is 0 Å². The van der Waals surface area contributed by atoms with Gasteiger partial charge in [0, 0.05) is 53.7 Å². The summed E-state index contributed by atoms with van der Waals surface area (Å²) in [6, 6.07) is 5.72. The van der Waals surface area contributed by atoms with Crippen molar-refractivity contribution < 1.29 is 0 Å². The SMILES string of the molecule is C[Si](C)(C)C(c1cc(C([Si](C)(C)C)[Si](C)(C)C)c(P=PC2=CC=CC2)c(C([Si](C)(C)C)[Si](C)(C)C)c1)[Si](C)(C)C. The minimum Gasteiger partial charge on any atom is -0.0797 e. The maximum atomic E-state index is 2.86. The van der Waals surface area contributed by atoms with Gasteiger partial charge in [0.05, 0.1) is 0 Å². The number of allylic oxidation sites excluding steroid dienone is 4. The van der Waals surface area contributed by atoms with Crippen molar-refractivity contribution in [1.82, 2.24) is 0 Å². The van der Waals surface area contributed by atoms with Crippen LogP contribution in [0.1, 0.15) is 38.6 Å². The van der Waals surface area contributed by atoms with E-state index in [4.69, 9.17) is 0 Å². The van der Waals surface area contributed by atoms with Gasteiger partial charge in [-0.05, 0) is 59.7 Å². The van der Waals surface area contributed by atoms with Crippen LogP contribution in [-0.2, 0) is 0 Å². The third kappa shape index (κ3) is 9.30. The van der Waals surface area contributed by atoms with Crippen LogP contribution in [-0.4, -0.2) is 48.4 Å². The van der Waals surface area contributed by atoms with Crippen LogP contribution in [0.4, 0.5) is 0 Å². The fourth-order valence-corrected chi connectivity index (χ4v) is 50.5. The highest BCUT2D eigenvalue weighted by atomic mass is 31.7. The molecule has 2 rings (SSSR count). The van der Waals surface area contributed by atoms with Gasteiger partial charge in [-0.25, -0.2) is 0 Å². The lowest BCUT2D eigenvalue weighted by molar-refractivity contribution is 1.10. The fourth-order valence-electron chi connectivity index (χ4n) is 8.81. The van der Waals surface area contributed by atoms with E-state index in [2.05, 4.69) is 148 Å². The van der Waals surface area contributed by atoms with Gasteiger partial charge in [-0.15, -0.1) is 0 Å². The lowest BCUT2D eigenvalue weighted by Crippen LogP contribution is -2.51. The van der Waals surface area contributed by atoms with E-state index in [9.17, 15) is 0 Å². The van der Waals surface area contributed by atoms with Crippen molar-refractivity contribution in [2.45, 2.75) is 140 Å². The summed E-state index contributed by atoms with van der Waals surface area (Å²) in [7, 11) is -5.74. The van der Waals surface area contributed by atoms with E-state index in [1.807, 2.05) is 11.1 Å². The molecular weight excluding hydrogens is 615 g/mol. The maximum Gasteiger partial charge on any atom is 0.0493 e. The lowest BCUT2D eigenvalue weighted by Gasteiger charge is -2.45. The molecule has 0 atom stereocenters. The average molecular weight is 679 g/mol. The summed E-state index contributed by atoms with van der Waals surface area (Å²) in [5, 5.41) is 5.71. The van der Waals surface area contributed by atoms with Gasteiger partial charge in [0.2, 0.25) is 0 Å². The molecule has 8 heteroatoms. The van der Waals surface area contributed by atoms with Crippen LogP contribution >= 0.6 is 15.7 Å². The van der Waals surface area contributed by atoms with Crippen molar-refractivity contribution >= 4 is 69.5 Å². The van der Waals surface area contributed by atoms with Crippen molar-refractivity contribution in [3.63, 3.8) is 0 Å². The van der Waals surface area contributed by atoms with Crippen molar-refractivity contribution in [2.75, 3.05) is 0 Å². The Morgan fingerprint density at radius 1 is 0.500 bits per heavy atom. The van der Waals surface area contributed by atoms with Crippen LogP contribution in [0.2, 0.25) is 118 Å². The van der Waals surface area contributed by atoms with E-state index in [-0.39, 0.29) is 0 Å². The van der Waals surface area contributed by atoms with Gasteiger partial charge >= 0.3 is 0 Å². The normalized spacial score (nSPS) is 16.3. The monoisotopic (exact) mass is 678 g/mol. The van der Waals surface area contributed by atoms with E-state index >= 15 is 0 Å². The molecule has 0 spiro atoms. The van der Waals surface area contributed by atoms with Crippen LogP contribution in [0.5, 0.6) is 0 Å². The fraction of sp³-hybridized carbons (Fsp3) is 0.688. The summed E-state index contributed by atoms with van der Waals surface area (Å²) in [6.07, 6.45) is 8.14. The van der Waals surface area contributed by atoms with Crippen LogP contribution < -0.4 is 5.30 Å². The largest absolute Gasteiger partial charge is 0.0797 e. The molecule has 0 bridgehead atoms. The number of hydrogen-bond acceptors (Lipinski definition) is 0. The first-order chi connectivity index (χ1) is 17.7. The standard InChI is InChI=1S/C32H64P2Si6/c1-35(2,3)30(36(4,5)6)25-23-27(31(37(7,8)9)38(10,11)12)29(34-33-26-21-19-20-22-26)28(24-25)32(39(13,14)15)40(16,17)18/h19-21,23-24,30-32H,22H2,1-18H3. The molecule has 0 aromatic heterocycles. The Bertz CT molecular complexity index is 1050. The molecule has 1 aromatic rings. The quantitative estimate of drug-likeness (QED) is 0.161. The van der Waals surface area contributed by atoms with Gasteiger partial charge in [0.25, 0.3) is 0 Å². The molecule has 226 valence electrons. The molecule has 0 aliphatic heterocycles. The Labute approximate surface area is 260 Å². The summed E-state index contributed by atoms with van der Waals surface area (Å²) in [5.41, 5.74) is 5.38. The molecule has 0 nitrogen and oxygen atoms in total. The van der Waals surface area contributed by atoms with Crippen molar-refractivity contribution in [3.05, 3.63) is 52.4 Å². The minimum atomic E-state index is -1.48. The van der Waals surface area contributed by atoms with E-state index < -0.39 is 48.4 Å². The average Bonchev–Trinajstić information content (AvgIpc) is 3.13. The van der Waals surface area contributed by atoms with E-state index in [0.29, 0.717) is 0 Å². The summed E-state index contributed by atoms with van der Waals surface area (Å²) in [6.45, 7) is 48.0. The Hall–Kier alpha value is 0.601. The Morgan fingerprint density at radius 2 is 0.850 bits per heavy atom. The third-order valence-corrected chi connectivity index (χ3v) is 39.3. The molecule has 1 aromatic carbocycles. The van der Waals surface area contributed by atoms with Gasteiger partial charge in [-0.1, -0.05) is 148 Å². The van der Waals surface area contributed by atoms with Gasteiger partial charge in [0.15, 0.2) is 0 Å². The smallest absolute Gasteiger partial charge is 0.0493 e. The second-order valence-corrected chi connectivity index (χ2v) is 55.2. The molecule has 1 aliphatic rings. The third-order valence-electron chi connectivity index (χ3n) is 8.37. The minimum absolute atomic E-state index is 0.778. The number of rotatable bonds is 11. The number of benzene rings is 1. The molecule has 0 saturated heterocycles. The van der Waals surface area contributed by atoms with Crippen molar-refractivity contribution in [1.29, 1.82) is 0 Å². The van der Waals surface area contributed by atoms with E-state index in [0.717, 1.165) is 21.9 Å². The van der Waals surface area contributed by atoms with Crippen molar-refractivity contribution in [3.8, 4) is 0 Å². The lowest BCUT2D eigenvalue weighted by atomic mass is 10.1. The van der Waals surface area contributed by atoms with Crippen molar-refractivity contribution in [2.24, 2.45) is 0 Å². The second kappa shape index (κ2) is 12.5. The number of hydrogen-bond donors (Lipinski definition) is 0. The van der Waals surface area contributed by atoms with Gasteiger partial charge in [-0.2, -0.15) is 0 Å². The molecule has 1 aliphatic carbocycles. The summed E-state index contributed by atoms with van der Waals surface area (Å²) in [4.78, 5) is 0. The molecule has 0 heterocycles. The Kier molecular flexibility index (Phi) is 11.5. The highest BCUT2D eigenvalue weighted by Gasteiger charge is 2.46. The molecule has 0 saturated carbocycles. The van der Waals surface area contributed by atoms with Crippen LogP contribution in [0.25, 0.3) is 0 Å². The van der Waals surface area contributed by atoms with E-state index in [1.54, 1.807) is 16.2 Å². The van der Waals surface area contributed by atoms with Crippen LogP contribution in [0, 0.1) is 0 Å². The zero-order valence-corrected chi connectivity index (χ0v) is 37.5. The molecular formula is C32H64P2Si6. The highest BCUT2D eigenvalue weighted by Crippen LogP contribution is 2.46. The summed E-state index contributed by atoms with van der Waals surface area (Å²) >= 11 is 0. The van der Waals surface area contributed by atoms with Gasteiger partial charge in [-0.3, -0.25) is 0 Å². The Morgan fingerprint density at radius 3 is 1.12 bits per heavy atom. The molecule has 0 radical (unpaired) electrons. The van der Waals surface area contributed by atoms with Gasteiger partial charge in [0.1, 0.15) is 0 Å². The van der Waals surface area contributed by atoms with Crippen LogP contribution in [0.15, 0.2) is 35.7 Å². The maximum absolute atomic E-state index is 2.86. The molecule has 0 N–H and O–H groups in total. The molecule has 0 fully saturated rings. The summed E-state index contributed by atoms with van der Waals surface area (Å²) < 4.78 is 0. The topological polar surface area (TPSA) is 0 Å². The predicted molar refractivity (Wildman–Crippen MR) is 210 cm³/mol. The second-order valence-electron chi connectivity index (χ2n) is 19.0. The molecule has 0 unspecified atom stereocenters. The van der Waals surface area contributed by atoms with E-state index in [1.165, 1.54) is 15.7 Å². The summed E-state index contributed by atoms with van der Waals surface area (Å²) in [5.74, 6) is 0. The molecule has 0 amide bonds. The zero-order valence-electron chi connectivity index (χ0n) is 29.7. The first-order valence-corrected chi connectivity index (χ1v) is 39.6. The zero-order chi connectivity index (χ0) is 31.3. The first-order valence-electron chi connectivity index (χ1n) is 15.6.